The minimum Gasteiger partial charge on any atom is -0.487 e. The molecule has 3 aromatic carbocycles. The van der Waals surface area contributed by atoms with Gasteiger partial charge in [-0.15, -0.1) is 11.3 Å². The monoisotopic (exact) mass is 414 g/mol. The maximum Gasteiger partial charge on any atom is 0.182 e. The van der Waals surface area contributed by atoms with Gasteiger partial charge in [0.25, 0.3) is 0 Å². The normalized spacial score (nSPS) is 15.2. The molecule has 1 saturated carbocycles. The summed E-state index contributed by atoms with van der Waals surface area (Å²) in [6, 6.07) is 8.66. The number of halogens is 3. The molecule has 1 nitrogen and oxygen atoms in total. The Hall–Kier alpha value is -2.27. The highest BCUT2D eigenvalue weighted by Crippen LogP contribution is 2.43. The van der Waals surface area contributed by atoms with Gasteiger partial charge >= 0.3 is 0 Å². The van der Waals surface area contributed by atoms with E-state index in [9.17, 15) is 4.39 Å². The van der Waals surface area contributed by atoms with Gasteiger partial charge < -0.3 is 4.74 Å². The van der Waals surface area contributed by atoms with Crippen molar-refractivity contribution in [2.24, 2.45) is 0 Å². The van der Waals surface area contributed by atoms with E-state index < -0.39 is 17.5 Å². The van der Waals surface area contributed by atoms with Crippen molar-refractivity contribution in [3.05, 3.63) is 53.3 Å². The summed E-state index contributed by atoms with van der Waals surface area (Å²) in [5.41, 5.74) is 0.512. The highest BCUT2D eigenvalue weighted by atomic mass is 32.1. The van der Waals surface area contributed by atoms with Gasteiger partial charge in [0.05, 0.1) is 20.9 Å². The fraction of sp³-hybridized carbons (Fsp3) is 0.333. The molecule has 1 aromatic heterocycles. The highest BCUT2D eigenvalue weighted by Gasteiger charge is 2.23. The molecule has 0 radical (unpaired) electrons. The van der Waals surface area contributed by atoms with Crippen molar-refractivity contribution in [2.75, 3.05) is 0 Å². The van der Waals surface area contributed by atoms with Crippen molar-refractivity contribution in [2.45, 2.75) is 51.6 Å². The number of aryl methyl sites for hydroxylation is 1. The number of fused-ring (bicyclic) bond motifs is 4. The Morgan fingerprint density at radius 3 is 2.45 bits per heavy atom. The SMILES string of the molecule is CCCc1ccc2cc3c(sc4c(F)c(OC5CCCC5)ccc43)c(F)c2c1F. The molecule has 150 valence electrons. The van der Waals surface area contributed by atoms with E-state index >= 15 is 8.78 Å². The summed E-state index contributed by atoms with van der Waals surface area (Å²) < 4.78 is 52.0. The summed E-state index contributed by atoms with van der Waals surface area (Å²) in [4.78, 5) is 0. The predicted octanol–water partition coefficient (Wildman–Crippen LogP) is 7.90. The lowest BCUT2D eigenvalue weighted by molar-refractivity contribution is 0.201. The summed E-state index contributed by atoms with van der Waals surface area (Å²) >= 11 is 1.03. The van der Waals surface area contributed by atoms with E-state index in [4.69, 9.17) is 4.74 Å². The zero-order valence-electron chi connectivity index (χ0n) is 16.2. The number of hydrogen-bond acceptors (Lipinski definition) is 2. The van der Waals surface area contributed by atoms with Crippen LogP contribution in [0.15, 0.2) is 30.3 Å². The second kappa shape index (κ2) is 7.21. The zero-order valence-corrected chi connectivity index (χ0v) is 17.0. The molecule has 0 saturated heterocycles. The molecule has 0 aliphatic heterocycles. The second-order valence-electron chi connectivity index (χ2n) is 7.83. The van der Waals surface area contributed by atoms with E-state index in [0.29, 0.717) is 32.8 Å². The van der Waals surface area contributed by atoms with Gasteiger partial charge in [-0.05, 0) is 61.3 Å². The van der Waals surface area contributed by atoms with Gasteiger partial charge in [0.1, 0.15) is 5.82 Å². The quantitative estimate of drug-likeness (QED) is 0.330. The lowest BCUT2D eigenvalue weighted by Crippen LogP contribution is -2.11. The topological polar surface area (TPSA) is 9.23 Å². The van der Waals surface area contributed by atoms with Gasteiger partial charge in [-0.25, -0.2) is 13.2 Å². The summed E-state index contributed by atoms with van der Waals surface area (Å²) in [6.07, 6.45) is 5.45. The average Bonchev–Trinajstić information content (AvgIpc) is 3.35. The van der Waals surface area contributed by atoms with Crippen molar-refractivity contribution < 1.29 is 17.9 Å². The van der Waals surface area contributed by atoms with Crippen molar-refractivity contribution >= 4 is 42.3 Å². The molecule has 1 aliphatic carbocycles. The first-order valence-corrected chi connectivity index (χ1v) is 11.0. The van der Waals surface area contributed by atoms with Crippen LogP contribution in [0.5, 0.6) is 5.75 Å². The Kier molecular flexibility index (Phi) is 4.66. The predicted molar refractivity (Wildman–Crippen MR) is 114 cm³/mol. The molecule has 29 heavy (non-hydrogen) atoms. The maximum absolute atomic E-state index is 15.4. The highest BCUT2D eigenvalue weighted by molar-refractivity contribution is 7.26. The van der Waals surface area contributed by atoms with E-state index in [1.54, 1.807) is 30.3 Å². The van der Waals surface area contributed by atoms with E-state index in [0.717, 1.165) is 43.4 Å². The molecule has 0 bridgehead atoms. The van der Waals surface area contributed by atoms with Crippen molar-refractivity contribution in [3.8, 4) is 5.75 Å². The number of ether oxygens (including phenoxy) is 1. The summed E-state index contributed by atoms with van der Waals surface area (Å²) in [5, 5.41) is 1.75. The Morgan fingerprint density at radius 2 is 1.69 bits per heavy atom. The first-order valence-electron chi connectivity index (χ1n) is 10.2. The van der Waals surface area contributed by atoms with Crippen LogP contribution in [0, 0.1) is 17.5 Å². The van der Waals surface area contributed by atoms with Crippen LogP contribution in [0.2, 0.25) is 0 Å². The number of benzene rings is 3. The van der Waals surface area contributed by atoms with Gasteiger partial charge in [0, 0.05) is 10.8 Å². The van der Waals surface area contributed by atoms with Gasteiger partial charge in [-0.2, -0.15) is 0 Å². The average molecular weight is 414 g/mol. The van der Waals surface area contributed by atoms with Gasteiger partial charge in [-0.1, -0.05) is 25.5 Å². The van der Waals surface area contributed by atoms with Gasteiger partial charge in [0.15, 0.2) is 17.4 Å². The first kappa shape index (κ1) is 18.7. The maximum atomic E-state index is 15.4. The fourth-order valence-corrected chi connectivity index (χ4v) is 5.57. The zero-order chi connectivity index (χ0) is 20.1. The summed E-state index contributed by atoms with van der Waals surface area (Å²) in [5.74, 6) is -1.35. The second-order valence-corrected chi connectivity index (χ2v) is 8.86. The molecule has 1 aliphatic rings. The molecule has 5 rings (SSSR count). The molecular formula is C24H21F3OS. The smallest absolute Gasteiger partial charge is 0.182 e. The van der Waals surface area contributed by atoms with Gasteiger partial charge in [-0.3, -0.25) is 0 Å². The number of hydrogen-bond donors (Lipinski definition) is 0. The van der Waals surface area contributed by atoms with Crippen LogP contribution in [0.25, 0.3) is 30.9 Å². The van der Waals surface area contributed by atoms with E-state index in [1.165, 1.54) is 0 Å². The molecule has 1 fully saturated rings. The molecule has 0 atom stereocenters. The minimum absolute atomic E-state index is 0.00200. The van der Waals surface area contributed by atoms with Crippen LogP contribution < -0.4 is 4.74 Å². The molecular weight excluding hydrogens is 393 g/mol. The summed E-state index contributed by atoms with van der Waals surface area (Å²) in [7, 11) is 0. The Bertz CT molecular complexity index is 1240. The molecule has 0 unspecified atom stereocenters. The van der Waals surface area contributed by atoms with Crippen LogP contribution in [-0.2, 0) is 6.42 Å². The lowest BCUT2D eigenvalue weighted by Gasteiger charge is -2.13. The van der Waals surface area contributed by atoms with Crippen molar-refractivity contribution in [1.82, 2.24) is 0 Å². The first-order chi connectivity index (χ1) is 14.1. The van der Waals surface area contributed by atoms with Crippen LogP contribution >= 0.6 is 11.3 Å². The molecule has 0 N–H and O–H groups in total. The van der Waals surface area contributed by atoms with Crippen LogP contribution in [0.3, 0.4) is 0 Å². The third-order valence-corrected chi connectivity index (χ3v) is 7.10. The van der Waals surface area contributed by atoms with Crippen LogP contribution in [0.1, 0.15) is 44.6 Å². The Balaban J connectivity index is 1.71. The largest absolute Gasteiger partial charge is 0.487 e. The molecule has 4 aromatic rings. The van der Waals surface area contributed by atoms with Crippen molar-refractivity contribution in [1.29, 1.82) is 0 Å². The van der Waals surface area contributed by atoms with E-state index in [1.807, 2.05) is 6.92 Å². The van der Waals surface area contributed by atoms with Gasteiger partial charge in [0.2, 0.25) is 0 Å². The van der Waals surface area contributed by atoms with Crippen molar-refractivity contribution in [3.63, 3.8) is 0 Å². The third-order valence-electron chi connectivity index (χ3n) is 5.89. The summed E-state index contributed by atoms with van der Waals surface area (Å²) in [6.45, 7) is 1.96. The lowest BCUT2D eigenvalue weighted by atomic mass is 10.0. The van der Waals surface area contributed by atoms with Crippen LogP contribution in [-0.4, -0.2) is 6.10 Å². The van der Waals surface area contributed by atoms with E-state index in [2.05, 4.69) is 0 Å². The Labute approximate surface area is 171 Å². The number of thiophene rings is 1. The fourth-order valence-electron chi connectivity index (χ4n) is 4.42. The minimum atomic E-state index is -0.605. The molecule has 0 amide bonds. The Morgan fingerprint density at radius 1 is 0.931 bits per heavy atom. The van der Waals surface area contributed by atoms with Crippen LogP contribution in [0.4, 0.5) is 13.2 Å². The molecule has 1 heterocycles. The standard InChI is InChI=1S/C24H21F3OS/c1-2-5-13-8-9-14-12-17-16-10-11-18(28-15-6-3-4-7-15)21(26)23(16)29-24(17)22(27)19(14)20(13)25/h8-12,15H,2-7H2,1H3. The molecule has 5 heteroatoms. The van der Waals surface area contributed by atoms with E-state index in [-0.39, 0.29) is 21.9 Å². The molecule has 0 spiro atoms. The third kappa shape index (κ3) is 2.98. The number of rotatable bonds is 4.